The summed E-state index contributed by atoms with van der Waals surface area (Å²) in [6.45, 7) is 0.953. The number of aliphatic hydroxyl groups excluding tert-OH is 2. The zero-order chi connectivity index (χ0) is 28.4. The smallest absolute Gasteiger partial charge is 0.295 e. The van der Waals surface area contributed by atoms with Crippen LogP contribution in [0.25, 0.3) is 11.3 Å². The Bertz CT molecular complexity index is 1430. The zero-order valence-corrected chi connectivity index (χ0v) is 21.7. The fourth-order valence-electron chi connectivity index (χ4n) is 4.98. The second kappa shape index (κ2) is 11.4. The van der Waals surface area contributed by atoms with E-state index >= 15 is 0 Å². The van der Waals surface area contributed by atoms with Gasteiger partial charge in [-0.25, -0.2) is 14.4 Å². The molecule has 1 aromatic carbocycles. The summed E-state index contributed by atoms with van der Waals surface area (Å²) in [5, 5.41) is 37.5. The molecular weight excluding hydrogens is 523 g/mol. The van der Waals surface area contributed by atoms with Crippen molar-refractivity contribution in [1.82, 2.24) is 15.3 Å². The summed E-state index contributed by atoms with van der Waals surface area (Å²) in [4.78, 5) is 34.8. The van der Waals surface area contributed by atoms with Gasteiger partial charge in [0.05, 0.1) is 41.1 Å². The van der Waals surface area contributed by atoms with Crippen LogP contribution in [0.3, 0.4) is 0 Å². The van der Waals surface area contributed by atoms with Crippen molar-refractivity contribution in [3.63, 3.8) is 0 Å². The lowest BCUT2D eigenvalue weighted by atomic mass is 9.89. The normalized spacial score (nSPS) is 20.4. The lowest BCUT2D eigenvalue weighted by Gasteiger charge is -2.35. The second-order valence-corrected chi connectivity index (χ2v) is 9.89. The van der Waals surface area contributed by atoms with Crippen LogP contribution in [0.15, 0.2) is 42.6 Å². The number of halogens is 1. The molecule has 0 spiro atoms. The molecule has 0 unspecified atom stereocenters. The second-order valence-electron chi connectivity index (χ2n) is 9.89. The van der Waals surface area contributed by atoms with Gasteiger partial charge in [-0.3, -0.25) is 14.9 Å². The van der Waals surface area contributed by atoms with Crippen molar-refractivity contribution in [3.8, 4) is 17.0 Å². The number of hydrogen-bond donors (Lipinski definition) is 4. The fraction of sp³-hybridized carbons (Fsp3) is 0.370. The van der Waals surface area contributed by atoms with Crippen molar-refractivity contribution in [1.29, 1.82) is 0 Å². The number of carbonyl (C=O) groups is 1. The van der Waals surface area contributed by atoms with E-state index in [4.69, 9.17) is 4.74 Å². The average Bonchev–Trinajstić information content (AvgIpc) is 2.91. The lowest BCUT2D eigenvalue weighted by molar-refractivity contribution is -0.384. The third kappa shape index (κ3) is 5.65. The molecule has 3 heterocycles. The van der Waals surface area contributed by atoms with Crippen molar-refractivity contribution < 1.29 is 29.1 Å². The van der Waals surface area contributed by atoms with Gasteiger partial charge in [-0.15, -0.1) is 0 Å². The van der Waals surface area contributed by atoms with Gasteiger partial charge in [0.15, 0.2) is 5.69 Å². The quantitative estimate of drug-likeness (QED) is 0.241. The molecule has 40 heavy (non-hydrogen) atoms. The van der Waals surface area contributed by atoms with Gasteiger partial charge in [0.2, 0.25) is 0 Å². The van der Waals surface area contributed by atoms with Crippen molar-refractivity contribution in [2.24, 2.45) is 0 Å². The standard InChI is InChI=1S/C27H29FN6O6/c1-40-22-6-2-5-19(28)25(22)26-20(34(38)39)7-8-23(32-26)31-24-12-21(33-9-3-4-16(35)14-33)18(13-29-24)27(37)30-15-10-17(36)11-15/h2,5-8,12-13,15-17,35-36H,3-4,9-11,14H2,1H3,(H,30,37)(H,29,31,32)/t15?,16-,17?/m0/s1. The predicted octanol–water partition coefficient (Wildman–Crippen LogP) is 3.16. The number of rotatable bonds is 8. The Balaban J connectivity index is 1.49. The van der Waals surface area contributed by atoms with Crippen LogP contribution in [0.4, 0.5) is 27.4 Å². The number of amides is 1. The monoisotopic (exact) mass is 552 g/mol. The first kappa shape index (κ1) is 27.2. The lowest BCUT2D eigenvalue weighted by Crippen LogP contribution is -2.47. The Morgan fingerprint density at radius 3 is 2.70 bits per heavy atom. The van der Waals surface area contributed by atoms with Crippen molar-refractivity contribution in [2.45, 2.75) is 43.9 Å². The number of aliphatic hydroxyl groups is 2. The highest BCUT2D eigenvalue weighted by molar-refractivity contribution is 6.00. The molecule has 2 aliphatic rings. The molecule has 1 saturated heterocycles. The van der Waals surface area contributed by atoms with Crippen LogP contribution in [0, 0.1) is 15.9 Å². The average molecular weight is 553 g/mol. The number of anilines is 3. The molecule has 1 amide bonds. The number of β-amino-alcohol motifs (C(OH)–C–C–N with tert-alkyl or cyclic N) is 1. The van der Waals surface area contributed by atoms with Gasteiger partial charge in [-0.2, -0.15) is 0 Å². The maximum absolute atomic E-state index is 14.8. The first-order valence-electron chi connectivity index (χ1n) is 12.9. The Kier molecular flexibility index (Phi) is 7.76. The molecule has 13 heteroatoms. The Labute approximate surface area is 229 Å². The van der Waals surface area contributed by atoms with E-state index < -0.39 is 28.6 Å². The van der Waals surface area contributed by atoms with Gasteiger partial charge in [-0.1, -0.05) is 6.07 Å². The molecule has 210 valence electrons. The van der Waals surface area contributed by atoms with Gasteiger partial charge in [0.25, 0.3) is 11.6 Å². The third-order valence-corrected chi connectivity index (χ3v) is 7.07. The minimum atomic E-state index is -0.731. The number of ether oxygens (including phenoxy) is 1. The molecule has 1 aliphatic heterocycles. The van der Waals surface area contributed by atoms with E-state index in [1.807, 2.05) is 4.90 Å². The first-order valence-corrected chi connectivity index (χ1v) is 12.9. The van der Waals surface area contributed by atoms with Crippen LogP contribution < -0.4 is 20.3 Å². The molecular formula is C27H29FN6O6. The molecule has 0 radical (unpaired) electrons. The van der Waals surface area contributed by atoms with E-state index in [9.17, 15) is 29.5 Å². The van der Waals surface area contributed by atoms with E-state index in [0.29, 0.717) is 49.4 Å². The van der Waals surface area contributed by atoms with Gasteiger partial charge >= 0.3 is 0 Å². The van der Waals surface area contributed by atoms with Gasteiger partial charge in [0.1, 0.15) is 23.2 Å². The minimum absolute atomic E-state index is 0.0890. The molecule has 1 atom stereocenters. The van der Waals surface area contributed by atoms with Gasteiger partial charge in [0, 0.05) is 37.5 Å². The molecule has 4 N–H and O–H groups in total. The minimum Gasteiger partial charge on any atom is -0.496 e. The summed E-state index contributed by atoms with van der Waals surface area (Å²) in [6, 6.07) is 8.20. The van der Waals surface area contributed by atoms with Crippen LogP contribution in [-0.4, -0.2) is 69.5 Å². The van der Waals surface area contributed by atoms with E-state index in [-0.39, 0.29) is 34.8 Å². The van der Waals surface area contributed by atoms with E-state index in [1.54, 1.807) is 6.07 Å². The SMILES string of the molecule is COc1cccc(F)c1-c1nc(Nc2cc(N3CCC[C@H](O)C3)c(C(=O)NC3CC(O)C3)cn2)ccc1[N+](=O)[O-]. The summed E-state index contributed by atoms with van der Waals surface area (Å²) in [6.07, 6.45) is 2.80. The van der Waals surface area contributed by atoms with Crippen molar-refractivity contribution in [3.05, 3.63) is 64.1 Å². The molecule has 2 fully saturated rings. The van der Waals surface area contributed by atoms with E-state index in [2.05, 4.69) is 20.6 Å². The Morgan fingerprint density at radius 2 is 2.00 bits per heavy atom. The van der Waals surface area contributed by atoms with Crippen LogP contribution >= 0.6 is 0 Å². The third-order valence-electron chi connectivity index (χ3n) is 7.07. The van der Waals surface area contributed by atoms with Gasteiger partial charge < -0.3 is 30.5 Å². The molecule has 5 rings (SSSR count). The predicted molar refractivity (Wildman–Crippen MR) is 144 cm³/mol. The Hall–Kier alpha value is -4.36. The highest BCUT2D eigenvalue weighted by Crippen LogP contribution is 2.38. The number of pyridine rings is 2. The number of nitrogens with one attached hydrogen (secondary N) is 2. The number of hydrogen-bond acceptors (Lipinski definition) is 10. The summed E-state index contributed by atoms with van der Waals surface area (Å²) < 4.78 is 20.1. The van der Waals surface area contributed by atoms with Crippen LogP contribution in [-0.2, 0) is 0 Å². The summed E-state index contributed by atoms with van der Waals surface area (Å²) >= 11 is 0. The summed E-state index contributed by atoms with van der Waals surface area (Å²) in [7, 11) is 1.33. The van der Waals surface area contributed by atoms with E-state index in [0.717, 1.165) is 12.5 Å². The number of aromatic nitrogens is 2. The maximum Gasteiger partial charge on any atom is 0.295 e. The Morgan fingerprint density at radius 1 is 1.20 bits per heavy atom. The number of nitro groups is 1. The van der Waals surface area contributed by atoms with Gasteiger partial charge in [-0.05, 0) is 43.9 Å². The molecule has 0 bridgehead atoms. The maximum atomic E-state index is 14.8. The number of piperidine rings is 1. The van der Waals surface area contributed by atoms with Crippen LogP contribution in [0.2, 0.25) is 0 Å². The van der Waals surface area contributed by atoms with E-state index in [1.165, 1.54) is 37.6 Å². The van der Waals surface area contributed by atoms with Crippen molar-refractivity contribution >= 4 is 28.9 Å². The summed E-state index contributed by atoms with van der Waals surface area (Å²) in [5.41, 5.74) is 0.0893. The fourth-order valence-corrected chi connectivity index (χ4v) is 4.98. The molecule has 1 saturated carbocycles. The first-order chi connectivity index (χ1) is 19.2. The number of carbonyl (C=O) groups excluding carboxylic acids is 1. The topological polar surface area (TPSA) is 163 Å². The van der Waals surface area contributed by atoms with Crippen molar-refractivity contribution in [2.75, 3.05) is 30.4 Å². The highest BCUT2D eigenvalue weighted by Gasteiger charge is 2.31. The number of nitrogens with zero attached hydrogens (tertiary/aromatic N) is 4. The summed E-state index contributed by atoms with van der Waals surface area (Å²) in [5.74, 6) is -0.535. The molecule has 3 aromatic rings. The van der Waals surface area contributed by atoms with Crippen LogP contribution in [0.1, 0.15) is 36.0 Å². The van der Waals surface area contributed by atoms with Crippen LogP contribution in [0.5, 0.6) is 5.75 Å². The number of benzene rings is 1. The zero-order valence-electron chi connectivity index (χ0n) is 21.7. The molecule has 1 aliphatic carbocycles. The largest absolute Gasteiger partial charge is 0.496 e. The molecule has 12 nitrogen and oxygen atoms in total. The highest BCUT2D eigenvalue weighted by atomic mass is 19.1. The molecule has 2 aromatic heterocycles. The number of methoxy groups -OCH3 is 1.